The molecule has 0 amide bonds. The third-order valence-corrected chi connectivity index (χ3v) is 3.11. The van der Waals surface area contributed by atoms with Crippen molar-refractivity contribution in [2.75, 3.05) is 13.2 Å². The van der Waals surface area contributed by atoms with Crippen LogP contribution < -0.4 is 10.1 Å². The molecule has 1 heterocycles. The molecule has 0 saturated heterocycles. The van der Waals surface area contributed by atoms with Gasteiger partial charge >= 0.3 is 0 Å². The summed E-state index contributed by atoms with van der Waals surface area (Å²) in [5, 5.41) is 13.1. The minimum atomic E-state index is -0.554. The van der Waals surface area contributed by atoms with Crippen molar-refractivity contribution in [1.82, 2.24) is 5.32 Å². The van der Waals surface area contributed by atoms with Gasteiger partial charge in [-0.15, -0.1) is 0 Å². The van der Waals surface area contributed by atoms with E-state index in [0.29, 0.717) is 13.1 Å². The van der Waals surface area contributed by atoms with Crippen LogP contribution in [0.2, 0.25) is 0 Å². The Kier molecular flexibility index (Phi) is 5.42. The molecule has 4 heteroatoms. The summed E-state index contributed by atoms with van der Waals surface area (Å²) in [5.74, 6) is 2.56. The van der Waals surface area contributed by atoms with E-state index in [0.717, 1.165) is 28.4 Å². The molecule has 1 atom stereocenters. The lowest BCUT2D eigenvalue weighted by Crippen LogP contribution is -2.31. The molecule has 0 aliphatic carbocycles. The molecule has 2 rings (SSSR count). The summed E-state index contributed by atoms with van der Waals surface area (Å²) in [4.78, 5) is 0. The number of furan rings is 1. The van der Waals surface area contributed by atoms with Gasteiger partial charge in [-0.2, -0.15) is 0 Å². The Morgan fingerprint density at radius 1 is 1.14 bits per heavy atom. The number of hydrogen-bond acceptors (Lipinski definition) is 4. The zero-order valence-corrected chi connectivity index (χ0v) is 12.8. The van der Waals surface area contributed by atoms with Crippen molar-refractivity contribution in [2.24, 2.45) is 0 Å². The van der Waals surface area contributed by atoms with Crippen LogP contribution in [-0.2, 0) is 6.54 Å². The molecule has 2 aromatic rings. The first-order chi connectivity index (χ1) is 10.0. The molecule has 0 aliphatic rings. The van der Waals surface area contributed by atoms with Crippen molar-refractivity contribution in [3.05, 3.63) is 53.0 Å². The molecule has 2 N–H and O–H groups in total. The number of aliphatic hydroxyl groups is 1. The maximum absolute atomic E-state index is 9.91. The summed E-state index contributed by atoms with van der Waals surface area (Å²) < 4.78 is 11.1. The van der Waals surface area contributed by atoms with E-state index >= 15 is 0 Å². The minimum absolute atomic E-state index is 0.271. The van der Waals surface area contributed by atoms with E-state index in [2.05, 4.69) is 11.4 Å². The van der Waals surface area contributed by atoms with Crippen molar-refractivity contribution < 1.29 is 14.3 Å². The molecule has 0 bridgehead atoms. The van der Waals surface area contributed by atoms with Crippen LogP contribution in [0, 0.1) is 20.8 Å². The van der Waals surface area contributed by atoms with Crippen molar-refractivity contribution in [3.63, 3.8) is 0 Å². The Balaban J connectivity index is 1.70. The highest BCUT2D eigenvalue weighted by Crippen LogP contribution is 2.16. The van der Waals surface area contributed by atoms with Gasteiger partial charge in [0.05, 0.1) is 6.54 Å². The average molecular weight is 289 g/mol. The number of benzene rings is 1. The van der Waals surface area contributed by atoms with Gasteiger partial charge < -0.3 is 19.6 Å². The van der Waals surface area contributed by atoms with Crippen LogP contribution >= 0.6 is 0 Å². The van der Waals surface area contributed by atoms with E-state index in [-0.39, 0.29) is 6.61 Å². The van der Waals surface area contributed by atoms with E-state index < -0.39 is 6.10 Å². The maximum atomic E-state index is 9.91. The second-order valence-corrected chi connectivity index (χ2v) is 5.43. The number of hydrogen-bond donors (Lipinski definition) is 2. The molecule has 1 aromatic carbocycles. The summed E-state index contributed by atoms with van der Waals surface area (Å²) in [7, 11) is 0. The Bertz CT molecular complexity index is 557. The Morgan fingerprint density at radius 3 is 2.48 bits per heavy atom. The topological polar surface area (TPSA) is 54.6 Å². The molecule has 0 aliphatic heterocycles. The second kappa shape index (κ2) is 7.29. The van der Waals surface area contributed by atoms with Crippen LogP contribution in [0.15, 0.2) is 34.7 Å². The second-order valence-electron chi connectivity index (χ2n) is 5.43. The van der Waals surface area contributed by atoms with E-state index in [4.69, 9.17) is 9.15 Å². The number of rotatable bonds is 7. The highest BCUT2D eigenvalue weighted by atomic mass is 16.5. The molecule has 0 radical (unpaired) electrons. The number of ether oxygens (including phenoxy) is 1. The van der Waals surface area contributed by atoms with Crippen molar-refractivity contribution >= 4 is 0 Å². The first-order valence-electron chi connectivity index (χ1n) is 7.18. The van der Waals surface area contributed by atoms with Crippen LogP contribution in [0.25, 0.3) is 0 Å². The lowest BCUT2D eigenvalue weighted by atomic mass is 10.1. The SMILES string of the molecule is Cc1cc(C)cc(OCC(O)CNCc2ccc(C)o2)c1. The van der Waals surface area contributed by atoms with Crippen LogP contribution in [0.4, 0.5) is 0 Å². The predicted octanol–water partition coefficient (Wildman–Crippen LogP) is 2.73. The minimum Gasteiger partial charge on any atom is -0.491 e. The van der Waals surface area contributed by atoms with Crippen LogP contribution in [-0.4, -0.2) is 24.4 Å². The van der Waals surface area contributed by atoms with Gasteiger partial charge in [-0.05, 0) is 56.2 Å². The van der Waals surface area contributed by atoms with Gasteiger partial charge in [0, 0.05) is 6.54 Å². The fraction of sp³-hybridized carbons (Fsp3) is 0.412. The molecule has 0 spiro atoms. The Hall–Kier alpha value is -1.78. The molecule has 21 heavy (non-hydrogen) atoms. The fourth-order valence-corrected chi connectivity index (χ4v) is 2.21. The normalized spacial score (nSPS) is 12.4. The van der Waals surface area contributed by atoms with E-state index in [1.54, 1.807) is 0 Å². The monoisotopic (exact) mass is 289 g/mol. The zero-order valence-electron chi connectivity index (χ0n) is 12.8. The third-order valence-electron chi connectivity index (χ3n) is 3.11. The lowest BCUT2D eigenvalue weighted by molar-refractivity contribution is 0.105. The first kappa shape index (κ1) is 15.6. The van der Waals surface area contributed by atoms with Gasteiger partial charge in [-0.1, -0.05) is 6.07 Å². The van der Waals surface area contributed by atoms with Gasteiger partial charge in [0.25, 0.3) is 0 Å². The van der Waals surface area contributed by atoms with E-state index in [1.807, 2.05) is 45.0 Å². The van der Waals surface area contributed by atoms with Gasteiger partial charge in [-0.3, -0.25) is 0 Å². The number of aryl methyl sites for hydroxylation is 3. The molecule has 0 fully saturated rings. The van der Waals surface area contributed by atoms with Gasteiger partial charge in [0.15, 0.2) is 0 Å². The van der Waals surface area contributed by atoms with Crippen LogP contribution in [0.1, 0.15) is 22.6 Å². The molecule has 114 valence electrons. The molecule has 1 unspecified atom stereocenters. The average Bonchev–Trinajstić information content (AvgIpc) is 2.81. The fourth-order valence-electron chi connectivity index (χ4n) is 2.21. The summed E-state index contributed by atoms with van der Waals surface area (Å²) in [5.41, 5.74) is 2.32. The van der Waals surface area contributed by atoms with Crippen LogP contribution in [0.5, 0.6) is 5.75 Å². The highest BCUT2D eigenvalue weighted by Gasteiger charge is 2.06. The summed E-state index contributed by atoms with van der Waals surface area (Å²) in [6, 6.07) is 9.89. The summed E-state index contributed by atoms with van der Waals surface area (Å²) in [6.07, 6.45) is -0.554. The molecular formula is C17H23NO3. The molecule has 0 saturated carbocycles. The molecule has 1 aromatic heterocycles. The van der Waals surface area contributed by atoms with E-state index in [9.17, 15) is 5.11 Å². The number of nitrogens with one attached hydrogen (secondary N) is 1. The molecule has 4 nitrogen and oxygen atoms in total. The molecular weight excluding hydrogens is 266 g/mol. The Morgan fingerprint density at radius 2 is 1.86 bits per heavy atom. The smallest absolute Gasteiger partial charge is 0.119 e. The summed E-state index contributed by atoms with van der Waals surface area (Å²) in [6.45, 7) is 7.31. The lowest BCUT2D eigenvalue weighted by Gasteiger charge is -2.13. The van der Waals surface area contributed by atoms with Gasteiger partial charge in [0.1, 0.15) is 30.0 Å². The summed E-state index contributed by atoms with van der Waals surface area (Å²) >= 11 is 0. The zero-order chi connectivity index (χ0) is 15.2. The predicted molar refractivity (Wildman–Crippen MR) is 82.6 cm³/mol. The third kappa shape index (κ3) is 5.25. The van der Waals surface area contributed by atoms with Crippen molar-refractivity contribution in [1.29, 1.82) is 0 Å². The number of aliphatic hydroxyl groups excluding tert-OH is 1. The highest BCUT2D eigenvalue weighted by molar-refractivity contribution is 5.32. The van der Waals surface area contributed by atoms with Crippen LogP contribution in [0.3, 0.4) is 0 Å². The quantitative estimate of drug-likeness (QED) is 0.823. The van der Waals surface area contributed by atoms with E-state index in [1.165, 1.54) is 0 Å². The Labute approximate surface area is 125 Å². The standard InChI is InChI=1S/C17H23NO3/c1-12-6-13(2)8-17(7-12)20-11-15(19)9-18-10-16-5-4-14(3)21-16/h4-8,15,18-19H,9-11H2,1-3H3. The van der Waals surface area contributed by atoms with Crippen molar-refractivity contribution in [2.45, 2.75) is 33.4 Å². The first-order valence-corrected chi connectivity index (χ1v) is 7.18. The maximum Gasteiger partial charge on any atom is 0.119 e. The van der Waals surface area contributed by atoms with Gasteiger partial charge in [-0.25, -0.2) is 0 Å². The largest absolute Gasteiger partial charge is 0.491 e. The van der Waals surface area contributed by atoms with Gasteiger partial charge in [0.2, 0.25) is 0 Å². The van der Waals surface area contributed by atoms with Crippen molar-refractivity contribution in [3.8, 4) is 5.75 Å².